The molecule has 12 rings (SSSR count). The Hall–Kier alpha value is -7.41. The van der Waals surface area contributed by atoms with Crippen molar-refractivity contribution < 1.29 is 4.42 Å². The number of furan rings is 1. The monoisotopic (exact) mass is 746 g/mol. The number of aromatic nitrogens is 4. The number of fused-ring (bicyclic) bond motifs is 9. The van der Waals surface area contributed by atoms with Gasteiger partial charge in [-0.05, 0) is 77.9 Å². The molecular weight excluding hydrogens is 717 g/mol. The van der Waals surface area contributed by atoms with Crippen molar-refractivity contribution in [3.63, 3.8) is 0 Å². The fourth-order valence-corrected chi connectivity index (χ4v) is 9.54. The summed E-state index contributed by atoms with van der Waals surface area (Å²) in [7, 11) is 0. The molecule has 4 aromatic heterocycles. The first-order valence-corrected chi connectivity index (χ1v) is 19.8. The summed E-state index contributed by atoms with van der Waals surface area (Å²) in [5, 5.41) is 7.21. The van der Waals surface area contributed by atoms with Crippen LogP contribution in [-0.4, -0.2) is 19.5 Å². The molecule has 0 radical (unpaired) electrons. The van der Waals surface area contributed by atoms with Crippen LogP contribution in [0.4, 0.5) is 0 Å². The van der Waals surface area contributed by atoms with Gasteiger partial charge in [0.25, 0.3) is 0 Å². The van der Waals surface area contributed by atoms with Crippen LogP contribution in [0.5, 0.6) is 0 Å². The number of hydrogen-bond donors (Lipinski definition) is 0. The highest BCUT2D eigenvalue weighted by Gasteiger charge is 2.18. The minimum Gasteiger partial charge on any atom is -0.456 e. The third-order valence-corrected chi connectivity index (χ3v) is 12.2. The molecule has 0 N–H and O–H groups in total. The van der Waals surface area contributed by atoms with E-state index in [4.69, 9.17) is 19.4 Å². The van der Waals surface area contributed by atoms with Crippen LogP contribution in [0.3, 0.4) is 0 Å². The lowest BCUT2D eigenvalue weighted by atomic mass is 9.98. The highest BCUT2D eigenvalue weighted by molar-refractivity contribution is 7.25. The maximum absolute atomic E-state index is 6.25. The molecule has 0 aliphatic rings. The fraction of sp³-hybridized carbons (Fsp3) is 0. The highest BCUT2D eigenvalue weighted by Crippen LogP contribution is 2.42. The van der Waals surface area contributed by atoms with E-state index >= 15 is 0 Å². The third-order valence-electron chi connectivity index (χ3n) is 11.1. The van der Waals surface area contributed by atoms with Gasteiger partial charge in [-0.25, -0.2) is 15.0 Å². The van der Waals surface area contributed by atoms with Crippen molar-refractivity contribution in [1.82, 2.24) is 19.5 Å². The first-order valence-electron chi connectivity index (χ1n) is 19.0. The minimum atomic E-state index is 0.591. The van der Waals surface area contributed by atoms with Crippen LogP contribution in [-0.2, 0) is 0 Å². The maximum Gasteiger partial charge on any atom is 0.164 e. The average Bonchev–Trinajstić information content (AvgIpc) is 3.95. The van der Waals surface area contributed by atoms with E-state index in [1.165, 1.54) is 42.1 Å². The summed E-state index contributed by atoms with van der Waals surface area (Å²) >= 11 is 1.85. The Bertz CT molecular complexity index is 3520. The topological polar surface area (TPSA) is 56.7 Å². The molecule has 5 nitrogen and oxygen atoms in total. The first-order chi connectivity index (χ1) is 28.2. The summed E-state index contributed by atoms with van der Waals surface area (Å²) in [6, 6.07) is 63.9. The molecule has 0 spiro atoms. The Labute approximate surface area is 330 Å². The van der Waals surface area contributed by atoms with Crippen molar-refractivity contribution in [3.05, 3.63) is 182 Å². The minimum absolute atomic E-state index is 0.591. The van der Waals surface area contributed by atoms with Crippen molar-refractivity contribution >= 4 is 75.3 Å². The summed E-state index contributed by atoms with van der Waals surface area (Å²) in [5.41, 5.74) is 10.2. The van der Waals surface area contributed by atoms with Crippen LogP contribution in [0.15, 0.2) is 186 Å². The van der Waals surface area contributed by atoms with E-state index in [0.29, 0.717) is 17.5 Å². The van der Waals surface area contributed by atoms with Crippen molar-refractivity contribution in [2.45, 2.75) is 0 Å². The summed E-state index contributed by atoms with van der Waals surface area (Å²) in [5.74, 6) is 1.82. The van der Waals surface area contributed by atoms with Gasteiger partial charge >= 0.3 is 0 Å². The van der Waals surface area contributed by atoms with Crippen molar-refractivity contribution in [2.24, 2.45) is 0 Å². The van der Waals surface area contributed by atoms with Crippen molar-refractivity contribution in [2.75, 3.05) is 0 Å². The molecule has 0 bridgehead atoms. The molecule has 57 heavy (non-hydrogen) atoms. The molecule has 8 aromatic carbocycles. The highest BCUT2D eigenvalue weighted by atomic mass is 32.1. The molecule has 0 amide bonds. The number of nitrogens with zero attached hydrogens (tertiary/aromatic N) is 4. The SMILES string of the molecule is c1ccc(-c2nc(-c3ccc(-n4c5ccccc5c5ccc(-c6cccc7sc8ccccc8c67)cc54)cc3)nc(-c3ccc4c(c3)oc3ccccc34)n2)cc1. The van der Waals surface area contributed by atoms with Gasteiger partial charge in [-0.3, -0.25) is 0 Å². The van der Waals surface area contributed by atoms with E-state index in [9.17, 15) is 0 Å². The van der Waals surface area contributed by atoms with Crippen LogP contribution in [0.1, 0.15) is 0 Å². The Balaban J connectivity index is 0.994. The summed E-state index contributed by atoms with van der Waals surface area (Å²) in [6.07, 6.45) is 0. The van der Waals surface area contributed by atoms with Gasteiger partial charge in [0, 0.05) is 64.1 Å². The zero-order valence-electron chi connectivity index (χ0n) is 30.4. The molecule has 0 fully saturated rings. The van der Waals surface area contributed by atoms with E-state index in [0.717, 1.165) is 55.3 Å². The van der Waals surface area contributed by atoms with Crippen LogP contribution >= 0.6 is 11.3 Å². The molecule has 0 aliphatic heterocycles. The van der Waals surface area contributed by atoms with Crippen LogP contribution in [0.25, 0.3) is 115 Å². The number of rotatable bonds is 5. The molecule has 0 saturated heterocycles. The largest absolute Gasteiger partial charge is 0.456 e. The van der Waals surface area contributed by atoms with Crippen molar-refractivity contribution in [3.8, 4) is 51.0 Å². The fourth-order valence-electron chi connectivity index (χ4n) is 8.41. The van der Waals surface area contributed by atoms with E-state index in [1.54, 1.807) is 0 Å². The normalized spacial score (nSPS) is 11.9. The zero-order valence-corrected chi connectivity index (χ0v) is 31.2. The Kier molecular flexibility index (Phi) is 7.03. The molecule has 0 atom stereocenters. The van der Waals surface area contributed by atoms with Gasteiger partial charge in [-0.1, -0.05) is 115 Å². The zero-order chi connectivity index (χ0) is 37.5. The first kappa shape index (κ1) is 31.9. The summed E-state index contributed by atoms with van der Waals surface area (Å²) in [6.45, 7) is 0. The van der Waals surface area contributed by atoms with Gasteiger partial charge in [0.15, 0.2) is 17.5 Å². The van der Waals surface area contributed by atoms with E-state index in [1.807, 2.05) is 65.9 Å². The smallest absolute Gasteiger partial charge is 0.164 e. The molecule has 266 valence electrons. The summed E-state index contributed by atoms with van der Waals surface area (Å²) < 4.78 is 11.2. The number of benzene rings is 8. The lowest BCUT2D eigenvalue weighted by Gasteiger charge is -2.11. The second kappa shape index (κ2) is 12.6. The predicted molar refractivity (Wildman–Crippen MR) is 236 cm³/mol. The Morgan fingerprint density at radius 1 is 0.386 bits per heavy atom. The van der Waals surface area contributed by atoms with Gasteiger partial charge < -0.3 is 8.98 Å². The van der Waals surface area contributed by atoms with E-state index in [-0.39, 0.29) is 0 Å². The lowest BCUT2D eigenvalue weighted by Crippen LogP contribution is -2.00. The molecule has 4 heterocycles. The predicted octanol–water partition coefficient (Wildman–Crippen LogP) is 13.9. The molecule has 0 saturated carbocycles. The van der Waals surface area contributed by atoms with Crippen LogP contribution in [0.2, 0.25) is 0 Å². The van der Waals surface area contributed by atoms with Crippen molar-refractivity contribution in [1.29, 1.82) is 0 Å². The van der Waals surface area contributed by atoms with Gasteiger partial charge in [-0.2, -0.15) is 0 Å². The maximum atomic E-state index is 6.25. The molecule has 6 heteroatoms. The average molecular weight is 747 g/mol. The van der Waals surface area contributed by atoms with E-state index in [2.05, 4.69) is 132 Å². The number of hydrogen-bond acceptors (Lipinski definition) is 5. The Morgan fingerprint density at radius 3 is 1.82 bits per heavy atom. The van der Waals surface area contributed by atoms with Gasteiger partial charge in [-0.15, -0.1) is 11.3 Å². The van der Waals surface area contributed by atoms with E-state index < -0.39 is 0 Å². The molecule has 12 aromatic rings. The second-order valence-corrected chi connectivity index (χ2v) is 15.5. The van der Waals surface area contributed by atoms with Crippen LogP contribution in [0, 0.1) is 0 Å². The standard InChI is InChI=1S/C51H30N4OS/c1-2-11-31(12-3-1)49-52-50(54-51(53-49)34-24-28-40-39-14-5-8-18-44(39)56-45(40)30-34)32-21-25-35(26-22-32)55-42-17-7-4-13-37(42)38-27-23-33(29-43(38)55)36-16-10-20-47-48(36)41-15-6-9-19-46(41)57-47/h1-30H. The molecule has 0 aliphatic carbocycles. The Morgan fingerprint density at radius 2 is 0.982 bits per heavy atom. The summed E-state index contributed by atoms with van der Waals surface area (Å²) in [4.78, 5) is 15.1. The van der Waals surface area contributed by atoms with Gasteiger partial charge in [0.1, 0.15) is 11.2 Å². The molecular formula is C51H30N4OS. The second-order valence-electron chi connectivity index (χ2n) is 14.4. The number of thiophene rings is 1. The van der Waals surface area contributed by atoms with Crippen LogP contribution < -0.4 is 0 Å². The molecule has 0 unspecified atom stereocenters. The lowest BCUT2D eigenvalue weighted by molar-refractivity contribution is 0.669. The van der Waals surface area contributed by atoms with Gasteiger partial charge in [0.05, 0.1) is 11.0 Å². The number of para-hydroxylation sites is 2. The third kappa shape index (κ3) is 5.12. The quantitative estimate of drug-likeness (QED) is 0.176. The van der Waals surface area contributed by atoms with Gasteiger partial charge in [0.2, 0.25) is 0 Å².